The molecule has 5 nitrogen and oxygen atoms in total. The van der Waals surface area contributed by atoms with E-state index in [0.717, 1.165) is 30.6 Å². The molecule has 0 radical (unpaired) electrons. The fourth-order valence-electron chi connectivity index (χ4n) is 2.14. The minimum Gasteiger partial charge on any atom is -0.338 e. The number of hydrogen-bond acceptors (Lipinski definition) is 2. The van der Waals surface area contributed by atoms with Gasteiger partial charge in [-0.1, -0.05) is 19.9 Å². The first-order chi connectivity index (χ1) is 9.72. The van der Waals surface area contributed by atoms with Crippen LogP contribution in [0.1, 0.15) is 32.4 Å². The molecule has 2 aromatic heterocycles. The quantitative estimate of drug-likeness (QED) is 0.849. The normalized spacial score (nSPS) is 10.9. The lowest BCUT2D eigenvalue weighted by atomic mass is 10.2. The first-order valence-corrected chi connectivity index (χ1v) is 7.20. The van der Waals surface area contributed by atoms with Gasteiger partial charge >= 0.3 is 6.03 Å². The molecule has 2 amide bonds. The second-order valence-electron chi connectivity index (χ2n) is 4.86. The number of carbonyl (C=O) groups excluding carboxylic acids is 1. The van der Waals surface area contributed by atoms with Crippen molar-refractivity contribution in [3.05, 3.63) is 36.3 Å². The third kappa shape index (κ3) is 3.73. The number of pyridine rings is 1. The van der Waals surface area contributed by atoms with Gasteiger partial charge in [0.15, 0.2) is 0 Å². The van der Waals surface area contributed by atoms with Gasteiger partial charge in [0, 0.05) is 31.4 Å². The van der Waals surface area contributed by atoms with Crippen molar-refractivity contribution in [2.24, 2.45) is 0 Å². The van der Waals surface area contributed by atoms with Gasteiger partial charge in [0.25, 0.3) is 0 Å². The summed E-state index contributed by atoms with van der Waals surface area (Å²) in [5.74, 6) is 0. The smallest absolute Gasteiger partial charge is 0.315 e. The highest BCUT2D eigenvalue weighted by Crippen LogP contribution is 2.04. The molecule has 20 heavy (non-hydrogen) atoms. The SMILES string of the molecule is CCC(CC)NC(=O)NCCc1cn2ccccc2n1. The van der Waals surface area contributed by atoms with E-state index in [-0.39, 0.29) is 12.1 Å². The summed E-state index contributed by atoms with van der Waals surface area (Å²) < 4.78 is 1.99. The lowest BCUT2D eigenvalue weighted by Gasteiger charge is -2.15. The number of aromatic nitrogens is 2. The molecule has 0 aromatic carbocycles. The Morgan fingerprint density at radius 3 is 2.85 bits per heavy atom. The van der Waals surface area contributed by atoms with Crippen LogP contribution in [0.5, 0.6) is 0 Å². The number of nitrogens with zero attached hydrogens (tertiary/aromatic N) is 2. The van der Waals surface area contributed by atoms with Gasteiger partial charge < -0.3 is 15.0 Å². The molecule has 2 aromatic rings. The summed E-state index contributed by atoms with van der Waals surface area (Å²) in [5.41, 5.74) is 1.92. The van der Waals surface area contributed by atoms with Crippen LogP contribution in [0.2, 0.25) is 0 Å². The van der Waals surface area contributed by atoms with Crippen molar-refractivity contribution in [2.45, 2.75) is 39.2 Å². The molecule has 0 atom stereocenters. The van der Waals surface area contributed by atoms with Crippen molar-refractivity contribution in [1.82, 2.24) is 20.0 Å². The molecule has 0 fully saturated rings. The highest BCUT2D eigenvalue weighted by atomic mass is 16.2. The van der Waals surface area contributed by atoms with E-state index >= 15 is 0 Å². The predicted molar refractivity (Wildman–Crippen MR) is 79.8 cm³/mol. The van der Waals surface area contributed by atoms with Crippen LogP contribution >= 0.6 is 0 Å². The fourth-order valence-corrected chi connectivity index (χ4v) is 2.14. The molecule has 0 aliphatic carbocycles. The topological polar surface area (TPSA) is 58.4 Å². The molecular formula is C15H22N4O. The number of fused-ring (bicyclic) bond motifs is 1. The average Bonchev–Trinajstić information content (AvgIpc) is 2.87. The Kier molecular flexibility index (Phi) is 4.98. The first-order valence-electron chi connectivity index (χ1n) is 7.20. The van der Waals surface area contributed by atoms with Crippen LogP contribution in [0, 0.1) is 0 Å². The van der Waals surface area contributed by atoms with Crippen molar-refractivity contribution < 1.29 is 4.79 Å². The summed E-state index contributed by atoms with van der Waals surface area (Å²) in [6, 6.07) is 6.07. The maximum Gasteiger partial charge on any atom is 0.315 e. The highest BCUT2D eigenvalue weighted by molar-refractivity contribution is 5.74. The number of hydrogen-bond donors (Lipinski definition) is 2. The highest BCUT2D eigenvalue weighted by Gasteiger charge is 2.07. The first kappa shape index (κ1) is 14.4. The molecule has 2 N–H and O–H groups in total. The van der Waals surface area contributed by atoms with Gasteiger partial charge in [-0.25, -0.2) is 9.78 Å². The van der Waals surface area contributed by atoms with Crippen LogP contribution in [0.3, 0.4) is 0 Å². The third-order valence-corrected chi connectivity index (χ3v) is 3.40. The zero-order chi connectivity index (χ0) is 14.4. The molecule has 0 unspecified atom stereocenters. The van der Waals surface area contributed by atoms with E-state index in [2.05, 4.69) is 29.5 Å². The van der Waals surface area contributed by atoms with Crippen LogP contribution in [0.25, 0.3) is 5.65 Å². The van der Waals surface area contributed by atoms with E-state index < -0.39 is 0 Å². The maximum absolute atomic E-state index is 11.7. The van der Waals surface area contributed by atoms with Crippen molar-refractivity contribution in [3.8, 4) is 0 Å². The molecule has 108 valence electrons. The second kappa shape index (κ2) is 6.93. The Morgan fingerprint density at radius 1 is 1.35 bits per heavy atom. The van der Waals surface area contributed by atoms with E-state index in [9.17, 15) is 4.79 Å². The molecule has 0 saturated heterocycles. The van der Waals surface area contributed by atoms with Gasteiger partial charge in [-0.05, 0) is 25.0 Å². The summed E-state index contributed by atoms with van der Waals surface area (Å²) in [6.45, 7) is 4.74. The van der Waals surface area contributed by atoms with Gasteiger partial charge in [0.2, 0.25) is 0 Å². The number of nitrogens with one attached hydrogen (secondary N) is 2. The average molecular weight is 274 g/mol. The molecule has 0 aliphatic heterocycles. The largest absolute Gasteiger partial charge is 0.338 e. The number of carbonyl (C=O) groups is 1. The Morgan fingerprint density at radius 2 is 2.15 bits per heavy atom. The van der Waals surface area contributed by atoms with Crippen LogP contribution in [0.15, 0.2) is 30.6 Å². The molecule has 2 rings (SSSR count). The lowest BCUT2D eigenvalue weighted by Crippen LogP contribution is -2.42. The fraction of sp³-hybridized carbons (Fsp3) is 0.467. The van der Waals surface area contributed by atoms with Crippen molar-refractivity contribution in [2.75, 3.05) is 6.54 Å². The summed E-state index contributed by atoms with van der Waals surface area (Å²) >= 11 is 0. The molecule has 0 spiro atoms. The Labute approximate surface area is 119 Å². The van der Waals surface area contributed by atoms with Gasteiger partial charge in [-0.15, -0.1) is 0 Å². The van der Waals surface area contributed by atoms with Crippen LogP contribution in [-0.4, -0.2) is 28.0 Å². The minimum atomic E-state index is -0.0949. The number of amides is 2. The van der Waals surface area contributed by atoms with Crippen LogP contribution in [0.4, 0.5) is 4.79 Å². The van der Waals surface area contributed by atoms with Gasteiger partial charge in [0.1, 0.15) is 5.65 Å². The standard InChI is InChI=1S/C15H22N4O/c1-3-12(4-2)18-15(20)16-9-8-13-11-19-10-6-5-7-14(19)17-13/h5-7,10-12H,3-4,8-9H2,1-2H3,(H2,16,18,20). The molecular weight excluding hydrogens is 252 g/mol. The van der Waals surface area contributed by atoms with E-state index in [1.807, 2.05) is 35.0 Å². The number of rotatable bonds is 6. The molecule has 5 heteroatoms. The summed E-state index contributed by atoms with van der Waals surface area (Å²) in [4.78, 5) is 16.2. The third-order valence-electron chi connectivity index (χ3n) is 3.40. The van der Waals surface area contributed by atoms with Crippen LogP contribution < -0.4 is 10.6 Å². The van der Waals surface area contributed by atoms with Crippen molar-refractivity contribution >= 4 is 11.7 Å². The second-order valence-corrected chi connectivity index (χ2v) is 4.86. The molecule has 2 heterocycles. The Hall–Kier alpha value is -2.04. The lowest BCUT2D eigenvalue weighted by molar-refractivity contribution is 0.236. The van der Waals surface area contributed by atoms with Gasteiger partial charge in [-0.2, -0.15) is 0 Å². The summed E-state index contributed by atoms with van der Waals surface area (Å²) in [6.07, 6.45) is 6.61. The van der Waals surface area contributed by atoms with Crippen LogP contribution in [-0.2, 0) is 6.42 Å². The molecule has 0 bridgehead atoms. The monoisotopic (exact) mass is 274 g/mol. The number of imidazole rings is 1. The van der Waals surface area contributed by atoms with Crippen molar-refractivity contribution in [3.63, 3.8) is 0 Å². The van der Waals surface area contributed by atoms with E-state index in [1.165, 1.54) is 0 Å². The van der Waals surface area contributed by atoms with Gasteiger partial charge in [0.05, 0.1) is 5.69 Å². The van der Waals surface area contributed by atoms with Gasteiger partial charge in [-0.3, -0.25) is 0 Å². The summed E-state index contributed by atoms with van der Waals surface area (Å²) in [7, 11) is 0. The van der Waals surface area contributed by atoms with E-state index in [1.54, 1.807) is 0 Å². The van der Waals surface area contributed by atoms with E-state index in [4.69, 9.17) is 0 Å². The summed E-state index contributed by atoms with van der Waals surface area (Å²) in [5, 5.41) is 5.83. The Bertz CT molecular complexity index is 527. The molecule has 0 aliphatic rings. The zero-order valence-corrected chi connectivity index (χ0v) is 12.1. The number of urea groups is 1. The predicted octanol–water partition coefficient (Wildman–Crippen LogP) is 2.36. The zero-order valence-electron chi connectivity index (χ0n) is 12.1. The Balaban J connectivity index is 1.79. The molecule has 0 saturated carbocycles. The van der Waals surface area contributed by atoms with E-state index in [0.29, 0.717) is 6.54 Å². The maximum atomic E-state index is 11.7. The van der Waals surface area contributed by atoms with Crippen molar-refractivity contribution in [1.29, 1.82) is 0 Å². The minimum absolute atomic E-state index is 0.0949.